The molecule has 2 nitrogen and oxygen atoms in total. The molecule has 0 aromatic carbocycles. The smallest absolute Gasteiger partial charge is 0.460 e. The number of carbonyl (C=O) groups excluding carboxylic acids is 1. The summed E-state index contributed by atoms with van der Waals surface area (Å²) in [5.41, 5.74) is 0. The minimum atomic E-state index is -8.68. The molecule has 0 aromatic rings. The van der Waals surface area contributed by atoms with Gasteiger partial charge in [-0.15, -0.1) is 0 Å². The molecule has 0 rings (SSSR count). The van der Waals surface area contributed by atoms with Gasteiger partial charge in [-0.05, 0) is 6.92 Å². The van der Waals surface area contributed by atoms with E-state index in [2.05, 4.69) is 4.74 Å². The average molecular weight is 646 g/mol. The molecule has 0 radical (unpaired) electrons. The summed E-state index contributed by atoms with van der Waals surface area (Å²) in [5.74, 6) is -58.8. The highest BCUT2D eigenvalue weighted by Gasteiger charge is 2.95. The molecule has 0 aromatic heterocycles. The fraction of sp³-hybridized carbons (Fsp3) is 0.923. The molecule has 0 amide bonds. The first-order valence-electron chi connectivity index (χ1n) is 7.43. The molecular weight excluding hydrogens is 638 g/mol. The largest absolute Gasteiger partial charge is 0.468 e. The number of ether oxygens (including phenoxy) is 1. The highest BCUT2D eigenvalue weighted by Crippen LogP contribution is 2.64. The van der Waals surface area contributed by atoms with Crippen LogP contribution in [0.15, 0.2) is 0 Å². The second-order valence-corrected chi connectivity index (χ2v) is 8.90. The molecule has 0 saturated heterocycles. The molecule has 20 heteroatoms. The highest BCUT2D eigenvalue weighted by atomic mass is 127. The highest BCUT2D eigenvalue weighted by molar-refractivity contribution is 14.1. The molecule has 0 bridgehead atoms. The van der Waals surface area contributed by atoms with Gasteiger partial charge in [0.2, 0.25) is 0 Å². The summed E-state index contributed by atoms with van der Waals surface area (Å²) in [6, 6.07) is 0. The number of alkyl halides is 18. The standard InChI is InChI=1S/C13H8F17IO2/c1-5(31,4(32)33-2)3-6(14,15)7(16,17)8(18,19)9(20,21)10(22,23)11(24,25)12(26,27)13(28,29)30/h3H2,1-2H3. The van der Waals surface area contributed by atoms with Gasteiger partial charge in [0.25, 0.3) is 0 Å². The van der Waals surface area contributed by atoms with Crippen LogP contribution >= 0.6 is 22.6 Å². The average Bonchev–Trinajstić information content (AvgIpc) is 2.57. The zero-order valence-electron chi connectivity index (χ0n) is 15.3. The lowest BCUT2D eigenvalue weighted by Crippen LogP contribution is -2.74. The van der Waals surface area contributed by atoms with Crippen LogP contribution in [-0.2, 0) is 9.53 Å². The summed E-state index contributed by atoms with van der Waals surface area (Å²) < 4.78 is 224. The summed E-state index contributed by atoms with van der Waals surface area (Å²) >= 11 is 0.552. The second-order valence-electron chi connectivity index (χ2n) is 6.51. The third-order valence-corrected chi connectivity index (χ3v) is 4.77. The monoisotopic (exact) mass is 646 g/mol. The first kappa shape index (κ1) is 32.0. The van der Waals surface area contributed by atoms with Gasteiger partial charge in [0.15, 0.2) is 0 Å². The predicted molar refractivity (Wildman–Crippen MR) is 79.7 cm³/mol. The van der Waals surface area contributed by atoms with Crippen molar-refractivity contribution in [3.05, 3.63) is 0 Å². The third-order valence-electron chi connectivity index (χ3n) is 3.95. The topological polar surface area (TPSA) is 26.3 Å². The van der Waals surface area contributed by atoms with E-state index in [4.69, 9.17) is 0 Å². The number of hydrogen-bond donors (Lipinski definition) is 0. The molecule has 0 spiro atoms. The quantitative estimate of drug-likeness (QED) is 0.120. The van der Waals surface area contributed by atoms with Crippen molar-refractivity contribution < 1.29 is 84.2 Å². The van der Waals surface area contributed by atoms with E-state index in [0.29, 0.717) is 29.7 Å². The van der Waals surface area contributed by atoms with Crippen LogP contribution in [0.3, 0.4) is 0 Å². The molecule has 0 aliphatic carbocycles. The molecular formula is C13H8F17IO2. The minimum absolute atomic E-state index is 0.270. The fourth-order valence-electron chi connectivity index (χ4n) is 2.01. The van der Waals surface area contributed by atoms with Gasteiger partial charge in [0.1, 0.15) is 3.42 Å². The number of methoxy groups -OCH3 is 1. The van der Waals surface area contributed by atoms with Crippen LogP contribution in [0, 0.1) is 0 Å². The number of esters is 1. The van der Waals surface area contributed by atoms with E-state index in [1.165, 1.54) is 0 Å². The normalized spacial score (nSPS) is 17.6. The molecule has 0 fully saturated rings. The van der Waals surface area contributed by atoms with Crippen molar-refractivity contribution >= 4 is 28.6 Å². The van der Waals surface area contributed by atoms with Crippen LogP contribution in [0.4, 0.5) is 74.6 Å². The van der Waals surface area contributed by atoms with Crippen LogP contribution in [0.1, 0.15) is 13.3 Å². The van der Waals surface area contributed by atoms with Crippen molar-refractivity contribution in [2.24, 2.45) is 0 Å². The second kappa shape index (κ2) is 8.30. The van der Waals surface area contributed by atoms with Gasteiger partial charge in [-0.2, -0.15) is 74.6 Å². The van der Waals surface area contributed by atoms with Crippen LogP contribution in [0.2, 0.25) is 0 Å². The van der Waals surface area contributed by atoms with Gasteiger partial charge in [-0.3, -0.25) is 4.79 Å². The van der Waals surface area contributed by atoms with E-state index >= 15 is 0 Å². The van der Waals surface area contributed by atoms with Gasteiger partial charge in [0.05, 0.1) is 7.11 Å². The van der Waals surface area contributed by atoms with E-state index in [1.54, 1.807) is 0 Å². The summed E-state index contributed by atoms with van der Waals surface area (Å²) in [6.45, 7) is 0.270. The Kier molecular flexibility index (Phi) is 8.05. The van der Waals surface area contributed by atoms with E-state index < -0.39 is 63.4 Å². The Bertz CT molecular complexity index is 740. The maximum absolute atomic E-state index is 13.8. The molecule has 198 valence electrons. The van der Waals surface area contributed by atoms with Crippen molar-refractivity contribution in [1.82, 2.24) is 0 Å². The number of carbonyl (C=O) groups is 1. The van der Waals surface area contributed by atoms with Crippen molar-refractivity contribution in [2.75, 3.05) is 7.11 Å². The van der Waals surface area contributed by atoms with Crippen LogP contribution < -0.4 is 0 Å². The van der Waals surface area contributed by atoms with E-state index in [1.807, 2.05) is 0 Å². The summed E-state index contributed by atoms with van der Waals surface area (Å²) in [4.78, 5) is 11.2. The minimum Gasteiger partial charge on any atom is -0.468 e. The summed E-state index contributed by atoms with van der Waals surface area (Å²) in [7, 11) is 0.446. The SMILES string of the molecule is COC(=O)C(C)(I)CC(F)(F)C(F)(F)C(F)(F)C(F)(F)C(F)(F)C(F)(F)C(F)(F)C(F)(F)F. The van der Waals surface area contributed by atoms with Gasteiger partial charge in [-0.1, -0.05) is 22.6 Å². The molecule has 0 saturated carbocycles. The lowest BCUT2D eigenvalue weighted by atomic mass is 9.86. The molecule has 1 unspecified atom stereocenters. The van der Waals surface area contributed by atoms with Gasteiger partial charge in [-0.25, -0.2) is 0 Å². The molecule has 0 aliphatic heterocycles. The fourth-order valence-corrected chi connectivity index (χ4v) is 2.71. The Hall–Kier alpha value is -0.990. The lowest BCUT2D eigenvalue weighted by Gasteiger charge is -2.43. The molecule has 33 heavy (non-hydrogen) atoms. The van der Waals surface area contributed by atoms with Crippen molar-refractivity contribution in [3.63, 3.8) is 0 Å². The van der Waals surface area contributed by atoms with Gasteiger partial charge < -0.3 is 4.74 Å². The Morgan fingerprint density at radius 3 is 1.15 bits per heavy atom. The molecule has 0 heterocycles. The Labute approximate surface area is 184 Å². The Balaban J connectivity index is 6.74. The Morgan fingerprint density at radius 2 is 0.879 bits per heavy atom. The maximum Gasteiger partial charge on any atom is 0.460 e. The van der Waals surface area contributed by atoms with Crippen LogP contribution in [-0.4, -0.2) is 64.1 Å². The van der Waals surface area contributed by atoms with Crippen LogP contribution in [0.25, 0.3) is 0 Å². The molecule has 0 aliphatic rings. The van der Waals surface area contributed by atoms with E-state index in [9.17, 15) is 79.4 Å². The zero-order chi connectivity index (χ0) is 27.5. The molecule has 0 N–H and O–H groups in total. The number of rotatable bonds is 9. The zero-order valence-corrected chi connectivity index (χ0v) is 17.5. The van der Waals surface area contributed by atoms with E-state index in [0.717, 1.165) is 0 Å². The van der Waals surface area contributed by atoms with Crippen molar-refractivity contribution in [3.8, 4) is 0 Å². The number of hydrogen-bond acceptors (Lipinski definition) is 2. The van der Waals surface area contributed by atoms with Crippen LogP contribution in [0.5, 0.6) is 0 Å². The van der Waals surface area contributed by atoms with Crippen molar-refractivity contribution in [1.29, 1.82) is 0 Å². The lowest BCUT2D eigenvalue weighted by molar-refractivity contribution is -0.461. The summed E-state index contributed by atoms with van der Waals surface area (Å²) in [5, 5.41) is 0. The van der Waals surface area contributed by atoms with Crippen molar-refractivity contribution in [2.45, 2.75) is 64.4 Å². The number of halogens is 18. The van der Waals surface area contributed by atoms with Gasteiger partial charge >= 0.3 is 53.6 Å². The first-order chi connectivity index (χ1) is 13.9. The molecule has 1 atom stereocenters. The predicted octanol–water partition coefficient (Wildman–Crippen LogP) is 6.75. The summed E-state index contributed by atoms with van der Waals surface area (Å²) in [6.07, 6.45) is -10.7. The Morgan fingerprint density at radius 1 is 0.606 bits per heavy atom. The van der Waals surface area contributed by atoms with Gasteiger partial charge in [0, 0.05) is 6.42 Å². The maximum atomic E-state index is 13.8. The van der Waals surface area contributed by atoms with E-state index in [-0.39, 0.29) is 6.92 Å². The third kappa shape index (κ3) is 4.52. The first-order valence-corrected chi connectivity index (χ1v) is 8.50.